The van der Waals surface area contributed by atoms with Gasteiger partial charge in [-0.1, -0.05) is 0 Å². The van der Waals surface area contributed by atoms with E-state index in [0.29, 0.717) is 6.42 Å². The molecule has 0 spiro atoms. The van der Waals surface area contributed by atoms with Gasteiger partial charge in [0.2, 0.25) is 0 Å². The first kappa shape index (κ1) is 8.93. The van der Waals surface area contributed by atoms with Crippen LogP contribution in [0.4, 0.5) is 0 Å². The van der Waals surface area contributed by atoms with Gasteiger partial charge in [0.05, 0.1) is 11.7 Å². The van der Waals surface area contributed by atoms with Gasteiger partial charge in [-0.05, 0) is 13.8 Å². The summed E-state index contributed by atoms with van der Waals surface area (Å²) >= 11 is 0. The lowest BCUT2D eigenvalue weighted by Crippen LogP contribution is -2.52. The Morgan fingerprint density at radius 1 is 1.27 bits per heavy atom. The fourth-order valence-corrected chi connectivity index (χ4v) is 1.26. The summed E-state index contributed by atoms with van der Waals surface area (Å²) in [7, 11) is 0. The van der Waals surface area contributed by atoms with Crippen LogP contribution in [0.1, 0.15) is 20.3 Å². The van der Waals surface area contributed by atoms with Crippen LogP contribution >= 0.6 is 0 Å². The third-order valence-corrected chi connectivity index (χ3v) is 1.83. The molecule has 3 atom stereocenters. The van der Waals surface area contributed by atoms with Crippen molar-refractivity contribution >= 4 is 0 Å². The second kappa shape index (κ2) is 2.71. The molecule has 1 fully saturated rings. The van der Waals surface area contributed by atoms with Crippen LogP contribution in [-0.4, -0.2) is 39.4 Å². The van der Waals surface area contributed by atoms with Gasteiger partial charge in [0, 0.05) is 6.42 Å². The van der Waals surface area contributed by atoms with E-state index in [1.807, 2.05) is 0 Å². The highest BCUT2D eigenvalue weighted by Gasteiger charge is 2.39. The zero-order chi connectivity index (χ0) is 8.65. The number of hydrogen-bond acceptors (Lipinski definition) is 4. The van der Waals surface area contributed by atoms with Crippen molar-refractivity contribution in [3.05, 3.63) is 0 Å². The fraction of sp³-hybridized carbons (Fsp3) is 1.00. The predicted octanol–water partition coefficient (Wildman–Crippen LogP) is -0.775. The highest BCUT2D eigenvalue weighted by atomic mass is 16.6. The number of hydrogen-bond donors (Lipinski definition) is 3. The van der Waals surface area contributed by atoms with Crippen LogP contribution in [0, 0.1) is 0 Å². The van der Waals surface area contributed by atoms with Crippen molar-refractivity contribution in [1.82, 2.24) is 0 Å². The van der Waals surface area contributed by atoms with E-state index in [1.165, 1.54) is 0 Å². The smallest absolute Gasteiger partial charge is 0.184 e. The molecule has 1 aliphatic heterocycles. The van der Waals surface area contributed by atoms with Crippen LogP contribution in [0.3, 0.4) is 0 Å². The van der Waals surface area contributed by atoms with E-state index in [4.69, 9.17) is 14.9 Å². The first-order valence-corrected chi connectivity index (χ1v) is 3.64. The molecule has 11 heavy (non-hydrogen) atoms. The second-order valence-electron chi connectivity index (χ2n) is 3.53. The first-order valence-electron chi connectivity index (χ1n) is 3.64. The molecule has 0 saturated carbocycles. The van der Waals surface area contributed by atoms with Gasteiger partial charge in [0.25, 0.3) is 0 Å². The van der Waals surface area contributed by atoms with Gasteiger partial charge in [-0.2, -0.15) is 0 Å². The van der Waals surface area contributed by atoms with Crippen LogP contribution in [0.15, 0.2) is 0 Å². The first-order chi connectivity index (χ1) is 4.92. The molecular formula is C7H14O4. The van der Waals surface area contributed by atoms with E-state index >= 15 is 0 Å². The minimum atomic E-state index is -1.27. The Morgan fingerprint density at radius 2 is 1.82 bits per heavy atom. The number of aliphatic hydroxyl groups is 3. The summed E-state index contributed by atoms with van der Waals surface area (Å²) in [5.74, 6) is 0. The van der Waals surface area contributed by atoms with Gasteiger partial charge < -0.3 is 20.1 Å². The number of rotatable bonds is 0. The second-order valence-corrected chi connectivity index (χ2v) is 3.53. The van der Waals surface area contributed by atoms with Gasteiger partial charge in [-0.25, -0.2) is 0 Å². The van der Waals surface area contributed by atoms with Gasteiger partial charge >= 0.3 is 0 Å². The molecule has 1 rings (SSSR count). The quantitative estimate of drug-likeness (QED) is 0.437. The molecule has 1 heterocycles. The summed E-state index contributed by atoms with van der Waals surface area (Å²) in [4.78, 5) is 0. The van der Waals surface area contributed by atoms with Crippen molar-refractivity contribution in [2.75, 3.05) is 0 Å². The fourth-order valence-electron chi connectivity index (χ4n) is 1.26. The van der Waals surface area contributed by atoms with Crippen molar-refractivity contribution < 1.29 is 20.1 Å². The highest BCUT2D eigenvalue weighted by Crippen LogP contribution is 2.27. The van der Waals surface area contributed by atoms with Gasteiger partial charge in [0.1, 0.15) is 6.10 Å². The molecule has 0 radical (unpaired) electrons. The van der Waals surface area contributed by atoms with Crippen molar-refractivity contribution in [1.29, 1.82) is 0 Å². The van der Waals surface area contributed by atoms with Crippen molar-refractivity contribution in [2.24, 2.45) is 0 Å². The summed E-state index contributed by atoms with van der Waals surface area (Å²) in [6.45, 7) is 3.51. The normalized spacial score (nSPS) is 43.9. The maximum absolute atomic E-state index is 9.19. The third-order valence-electron chi connectivity index (χ3n) is 1.83. The van der Waals surface area contributed by atoms with Gasteiger partial charge in [-0.15, -0.1) is 0 Å². The Morgan fingerprint density at radius 3 is 2.27 bits per heavy atom. The molecule has 1 aliphatic rings. The summed E-state index contributed by atoms with van der Waals surface area (Å²) in [5, 5.41) is 27.3. The van der Waals surface area contributed by atoms with Gasteiger partial charge in [-0.3, -0.25) is 0 Å². The van der Waals surface area contributed by atoms with Crippen LogP contribution in [-0.2, 0) is 4.74 Å². The van der Waals surface area contributed by atoms with E-state index in [0.717, 1.165) is 0 Å². The molecule has 0 aromatic carbocycles. The van der Waals surface area contributed by atoms with Crippen molar-refractivity contribution in [2.45, 2.75) is 44.4 Å². The Balaban J connectivity index is 2.62. The molecule has 0 bridgehead atoms. The average Bonchev–Trinajstić information content (AvgIpc) is 1.81. The Labute approximate surface area is 65.4 Å². The predicted molar refractivity (Wildman–Crippen MR) is 37.8 cm³/mol. The average molecular weight is 162 g/mol. The molecule has 0 aliphatic carbocycles. The van der Waals surface area contributed by atoms with E-state index in [2.05, 4.69) is 0 Å². The zero-order valence-electron chi connectivity index (χ0n) is 6.69. The minimum absolute atomic E-state index is 0.339. The van der Waals surface area contributed by atoms with Crippen LogP contribution < -0.4 is 0 Å². The standard InChI is InChI=1S/C7H14O4/c1-7(2)3-4(8)5(9)6(10)11-7/h4-6,8-10H,3H2,1-2H3/t4-,5-,6?/m1/s1. The van der Waals surface area contributed by atoms with E-state index < -0.39 is 24.1 Å². The summed E-state index contributed by atoms with van der Waals surface area (Å²) < 4.78 is 5.00. The largest absolute Gasteiger partial charge is 0.390 e. The summed E-state index contributed by atoms with van der Waals surface area (Å²) in [5.41, 5.74) is -0.557. The molecule has 1 saturated heterocycles. The lowest BCUT2D eigenvalue weighted by atomic mass is 9.94. The highest BCUT2D eigenvalue weighted by molar-refractivity contribution is 4.85. The van der Waals surface area contributed by atoms with Crippen LogP contribution in [0.25, 0.3) is 0 Å². The monoisotopic (exact) mass is 162 g/mol. The topological polar surface area (TPSA) is 69.9 Å². The molecule has 3 N–H and O–H groups in total. The lowest BCUT2D eigenvalue weighted by Gasteiger charge is -2.39. The van der Waals surface area contributed by atoms with Crippen LogP contribution in [0.5, 0.6) is 0 Å². The molecule has 4 heteroatoms. The molecule has 0 amide bonds. The van der Waals surface area contributed by atoms with E-state index in [9.17, 15) is 5.11 Å². The summed E-state index contributed by atoms with van der Waals surface area (Å²) in [6, 6.07) is 0. The number of aliphatic hydroxyl groups excluding tert-OH is 3. The summed E-state index contributed by atoms with van der Waals surface area (Å²) in [6.07, 6.45) is -3.00. The third kappa shape index (κ3) is 1.90. The molecular weight excluding hydrogens is 148 g/mol. The zero-order valence-corrected chi connectivity index (χ0v) is 6.69. The molecule has 1 unspecified atom stereocenters. The van der Waals surface area contributed by atoms with Crippen LogP contribution in [0.2, 0.25) is 0 Å². The molecule has 0 aromatic heterocycles. The SMILES string of the molecule is CC1(C)C[C@@H](O)[C@@H](O)C(O)O1. The number of ether oxygens (including phenoxy) is 1. The molecule has 0 aromatic rings. The van der Waals surface area contributed by atoms with Gasteiger partial charge in [0.15, 0.2) is 6.29 Å². The lowest BCUT2D eigenvalue weighted by molar-refractivity contribution is -0.273. The van der Waals surface area contributed by atoms with Crippen molar-refractivity contribution in [3.63, 3.8) is 0 Å². The Bertz CT molecular complexity index is 131. The van der Waals surface area contributed by atoms with E-state index in [1.54, 1.807) is 13.8 Å². The maximum Gasteiger partial charge on any atom is 0.184 e. The van der Waals surface area contributed by atoms with Crippen molar-refractivity contribution in [3.8, 4) is 0 Å². The Kier molecular flexibility index (Phi) is 2.20. The minimum Gasteiger partial charge on any atom is -0.390 e. The molecule has 4 nitrogen and oxygen atoms in total. The molecule has 66 valence electrons. The Hall–Kier alpha value is -0.160. The van der Waals surface area contributed by atoms with E-state index in [-0.39, 0.29) is 0 Å². The maximum atomic E-state index is 9.19.